The number of rotatable bonds is 4. The van der Waals surface area contributed by atoms with Gasteiger partial charge in [-0.1, -0.05) is 36.7 Å². The van der Waals surface area contributed by atoms with Crippen LogP contribution in [0.2, 0.25) is 5.02 Å². The lowest BCUT2D eigenvalue weighted by molar-refractivity contribution is -0.127. The summed E-state index contributed by atoms with van der Waals surface area (Å²) in [6, 6.07) is 8.47. The van der Waals surface area contributed by atoms with Crippen LogP contribution >= 0.6 is 11.6 Å². The standard InChI is InChI=1S/C16H19ClN2O2/c1-11(12-6-8-21-9-7-12)16(20)19-15(10-18)13-4-2-3-5-14(13)17/h2-5,11-12,15H,6-9H2,1H3,(H,19,20)/t11-,15+/m0/s1. The average Bonchev–Trinajstić information content (AvgIpc) is 2.53. The first kappa shape index (κ1) is 15.8. The summed E-state index contributed by atoms with van der Waals surface area (Å²) in [6.45, 7) is 3.31. The Morgan fingerprint density at radius 3 is 2.71 bits per heavy atom. The quantitative estimate of drug-likeness (QED) is 0.930. The molecular weight excluding hydrogens is 288 g/mol. The van der Waals surface area contributed by atoms with Crippen molar-refractivity contribution in [3.05, 3.63) is 34.9 Å². The number of ether oxygens (including phenoxy) is 1. The van der Waals surface area contributed by atoms with E-state index in [1.54, 1.807) is 24.3 Å². The lowest BCUT2D eigenvalue weighted by atomic mass is 9.86. The van der Waals surface area contributed by atoms with E-state index in [4.69, 9.17) is 16.3 Å². The van der Waals surface area contributed by atoms with Crippen molar-refractivity contribution in [3.63, 3.8) is 0 Å². The fourth-order valence-corrected chi connectivity index (χ4v) is 2.84. The van der Waals surface area contributed by atoms with E-state index in [1.807, 2.05) is 6.92 Å². The Bertz CT molecular complexity index is 535. The van der Waals surface area contributed by atoms with E-state index in [9.17, 15) is 10.1 Å². The van der Waals surface area contributed by atoms with Gasteiger partial charge >= 0.3 is 0 Å². The molecular formula is C16H19ClN2O2. The molecule has 4 nitrogen and oxygen atoms in total. The second-order valence-corrected chi connectivity index (χ2v) is 5.74. The van der Waals surface area contributed by atoms with Gasteiger partial charge in [-0.2, -0.15) is 5.26 Å². The number of hydrogen-bond donors (Lipinski definition) is 1. The third-order valence-corrected chi connectivity index (χ3v) is 4.36. The lowest BCUT2D eigenvalue weighted by Gasteiger charge is -2.27. The van der Waals surface area contributed by atoms with Gasteiger partial charge in [-0.25, -0.2) is 0 Å². The van der Waals surface area contributed by atoms with E-state index in [-0.39, 0.29) is 11.8 Å². The molecule has 112 valence electrons. The van der Waals surface area contributed by atoms with E-state index in [0.717, 1.165) is 12.8 Å². The summed E-state index contributed by atoms with van der Waals surface area (Å²) < 4.78 is 5.32. The molecule has 0 bridgehead atoms. The topological polar surface area (TPSA) is 62.1 Å². The van der Waals surface area contributed by atoms with Crippen molar-refractivity contribution >= 4 is 17.5 Å². The largest absolute Gasteiger partial charge is 0.381 e. The molecule has 1 aliphatic rings. The van der Waals surface area contributed by atoms with Gasteiger partial charge in [-0.15, -0.1) is 0 Å². The van der Waals surface area contributed by atoms with Crippen LogP contribution in [0.3, 0.4) is 0 Å². The summed E-state index contributed by atoms with van der Waals surface area (Å²) in [5.41, 5.74) is 0.634. The summed E-state index contributed by atoms with van der Waals surface area (Å²) in [5, 5.41) is 12.6. The fourth-order valence-electron chi connectivity index (χ4n) is 2.59. The maximum Gasteiger partial charge on any atom is 0.224 e. The van der Waals surface area contributed by atoms with E-state index in [0.29, 0.717) is 29.7 Å². The number of nitriles is 1. The van der Waals surface area contributed by atoms with Crippen LogP contribution in [0.5, 0.6) is 0 Å². The molecule has 0 saturated carbocycles. The van der Waals surface area contributed by atoms with Crippen LogP contribution in [0.15, 0.2) is 24.3 Å². The predicted octanol–water partition coefficient (Wildman–Crippen LogP) is 3.08. The number of carbonyl (C=O) groups is 1. The minimum Gasteiger partial charge on any atom is -0.381 e. The van der Waals surface area contributed by atoms with Crippen LogP contribution < -0.4 is 5.32 Å². The first-order valence-corrected chi connectivity index (χ1v) is 7.53. The maximum absolute atomic E-state index is 12.4. The SMILES string of the molecule is C[C@H](C(=O)N[C@H](C#N)c1ccccc1Cl)C1CCOCC1. The Morgan fingerprint density at radius 2 is 2.10 bits per heavy atom. The maximum atomic E-state index is 12.4. The smallest absolute Gasteiger partial charge is 0.224 e. The van der Waals surface area contributed by atoms with Gasteiger partial charge in [0.15, 0.2) is 0 Å². The molecule has 1 aromatic carbocycles. The summed E-state index contributed by atoms with van der Waals surface area (Å²) in [6.07, 6.45) is 1.77. The minimum atomic E-state index is -0.714. The fraction of sp³-hybridized carbons (Fsp3) is 0.500. The van der Waals surface area contributed by atoms with Gasteiger partial charge in [0, 0.05) is 29.7 Å². The summed E-state index contributed by atoms with van der Waals surface area (Å²) >= 11 is 6.09. The monoisotopic (exact) mass is 306 g/mol. The first-order valence-electron chi connectivity index (χ1n) is 7.15. The molecule has 1 heterocycles. The van der Waals surface area contributed by atoms with Crippen LogP contribution in [0.1, 0.15) is 31.4 Å². The molecule has 0 aromatic heterocycles. The number of amides is 1. The highest BCUT2D eigenvalue weighted by Crippen LogP contribution is 2.26. The number of carbonyl (C=O) groups excluding carboxylic acids is 1. The van der Waals surface area contributed by atoms with Crippen LogP contribution in [-0.4, -0.2) is 19.1 Å². The van der Waals surface area contributed by atoms with Crippen molar-refractivity contribution in [1.29, 1.82) is 5.26 Å². The molecule has 0 spiro atoms. The second kappa shape index (κ2) is 7.44. The summed E-state index contributed by atoms with van der Waals surface area (Å²) in [5.74, 6) is 0.0740. The highest BCUT2D eigenvalue weighted by molar-refractivity contribution is 6.31. The Balaban J connectivity index is 2.03. The molecule has 0 radical (unpaired) electrons. The molecule has 1 amide bonds. The van der Waals surface area contributed by atoms with Crippen LogP contribution in [0.25, 0.3) is 0 Å². The van der Waals surface area contributed by atoms with Crippen molar-refractivity contribution in [1.82, 2.24) is 5.32 Å². The first-order chi connectivity index (χ1) is 10.1. The molecule has 21 heavy (non-hydrogen) atoms. The third-order valence-electron chi connectivity index (χ3n) is 4.02. The molecule has 1 aromatic rings. The molecule has 0 aliphatic carbocycles. The number of halogens is 1. The van der Waals surface area contributed by atoms with Gasteiger partial charge in [-0.05, 0) is 24.8 Å². The van der Waals surface area contributed by atoms with Gasteiger partial charge in [0.25, 0.3) is 0 Å². The zero-order valence-corrected chi connectivity index (χ0v) is 12.8. The van der Waals surface area contributed by atoms with E-state index in [1.165, 1.54) is 0 Å². The predicted molar refractivity (Wildman–Crippen MR) is 80.7 cm³/mol. The Morgan fingerprint density at radius 1 is 1.43 bits per heavy atom. The molecule has 2 atom stereocenters. The summed E-state index contributed by atoms with van der Waals surface area (Å²) in [7, 11) is 0. The number of hydrogen-bond acceptors (Lipinski definition) is 3. The Hall–Kier alpha value is -1.57. The summed E-state index contributed by atoms with van der Waals surface area (Å²) in [4.78, 5) is 12.4. The highest BCUT2D eigenvalue weighted by Gasteiger charge is 2.28. The third kappa shape index (κ3) is 3.96. The highest BCUT2D eigenvalue weighted by atomic mass is 35.5. The second-order valence-electron chi connectivity index (χ2n) is 5.33. The van der Waals surface area contributed by atoms with Crippen LogP contribution in [0.4, 0.5) is 0 Å². The number of nitrogens with zero attached hydrogens (tertiary/aromatic N) is 1. The normalized spacial score (nSPS) is 18.5. The van der Waals surface area contributed by atoms with E-state index in [2.05, 4.69) is 11.4 Å². The van der Waals surface area contributed by atoms with Crippen LogP contribution in [-0.2, 0) is 9.53 Å². The van der Waals surface area contributed by atoms with Crippen molar-refractivity contribution < 1.29 is 9.53 Å². The molecule has 1 N–H and O–H groups in total. The zero-order chi connectivity index (χ0) is 15.2. The molecule has 1 saturated heterocycles. The van der Waals surface area contributed by atoms with Gasteiger partial charge < -0.3 is 10.1 Å². The van der Waals surface area contributed by atoms with Crippen molar-refractivity contribution in [2.24, 2.45) is 11.8 Å². The molecule has 0 unspecified atom stereocenters. The molecule has 2 rings (SSSR count). The van der Waals surface area contributed by atoms with E-state index < -0.39 is 6.04 Å². The van der Waals surface area contributed by atoms with Crippen molar-refractivity contribution in [2.45, 2.75) is 25.8 Å². The van der Waals surface area contributed by atoms with Crippen molar-refractivity contribution in [2.75, 3.05) is 13.2 Å². The molecule has 1 fully saturated rings. The van der Waals surface area contributed by atoms with Gasteiger partial charge in [-0.3, -0.25) is 4.79 Å². The zero-order valence-electron chi connectivity index (χ0n) is 12.0. The number of benzene rings is 1. The molecule has 5 heteroatoms. The molecule has 1 aliphatic heterocycles. The van der Waals surface area contributed by atoms with Crippen LogP contribution in [0, 0.1) is 23.2 Å². The minimum absolute atomic E-state index is 0.103. The van der Waals surface area contributed by atoms with Gasteiger partial charge in [0.1, 0.15) is 6.04 Å². The van der Waals surface area contributed by atoms with Gasteiger partial charge in [0.05, 0.1) is 6.07 Å². The van der Waals surface area contributed by atoms with E-state index >= 15 is 0 Å². The Labute approximate surface area is 130 Å². The lowest BCUT2D eigenvalue weighted by Crippen LogP contribution is -2.37. The number of nitrogens with one attached hydrogen (secondary N) is 1. The van der Waals surface area contributed by atoms with Crippen molar-refractivity contribution in [3.8, 4) is 6.07 Å². The Kier molecular flexibility index (Phi) is 5.60. The average molecular weight is 307 g/mol. The van der Waals surface area contributed by atoms with Gasteiger partial charge in [0.2, 0.25) is 5.91 Å².